The molecule has 7 heteroatoms. The maximum atomic E-state index is 12.7. The molecule has 0 spiro atoms. The van der Waals surface area contributed by atoms with Crippen LogP contribution in [0.5, 0.6) is 0 Å². The SMILES string of the molecule is O=C(N[C@H]1C2CC3CC1C[C@](O)(C3)C2)c1csc(Nc2ccccn2)n1. The number of nitrogens with one attached hydrogen (secondary N) is 2. The molecule has 2 unspecified atom stereocenters. The molecule has 4 aliphatic rings. The van der Waals surface area contributed by atoms with Gasteiger partial charge in [0.25, 0.3) is 5.91 Å². The third-order valence-corrected chi connectivity index (χ3v) is 6.93. The van der Waals surface area contributed by atoms with Gasteiger partial charge in [-0.25, -0.2) is 9.97 Å². The van der Waals surface area contributed by atoms with Crippen molar-refractivity contribution >= 4 is 28.2 Å². The third-order valence-electron chi connectivity index (χ3n) is 6.18. The molecule has 2 aromatic heterocycles. The van der Waals surface area contributed by atoms with Crippen LogP contribution in [0.1, 0.15) is 42.6 Å². The summed E-state index contributed by atoms with van der Waals surface area (Å²) in [7, 11) is 0. The van der Waals surface area contributed by atoms with Gasteiger partial charge in [-0.2, -0.15) is 0 Å². The molecule has 4 saturated carbocycles. The molecule has 2 atom stereocenters. The van der Waals surface area contributed by atoms with Crippen LogP contribution in [0, 0.1) is 17.8 Å². The summed E-state index contributed by atoms with van der Waals surface area (Å²) >= 11 is 1.40. The van der Waals surface area contributed by atoms with Crippen molar-refractivity contribution in [3.8, 4) is 0 Å². The molecule has 0 aliphatic heterocycles. The topological polar surface area (TPSA) is 87.1 Å². The van der Waals surface area contributed by atoms with Crippen LogP contribution in [-0.2, 0) is 0 Å². The predicted molar refractivity (Wildman–Crippen MR) is 99.4 cm³/mol. The number of aromatic nitrogens is 2. The molecule has 0 saturated heterocycles. The molecule has 6 nitrogen and oxygen atoms in total. The maximum absolute atomic E-state index is 12.7. The largest absolute Gasteiger partial charge is 0.390 e. The van der Waals surface area contributed by atoms with E-state index in [0.29, 0.717) is 34.4 Å². The highest BCUT2D eigenvalue weighted by atomic mass is 32.1. The Labute approximate surface area is 156 Å². The van der Waals surface area contributed by atoms with Gasteiger partial charge in [-0.15, -0.1) is 11.3 Å². The first kappa shape index (κ1) is 16.2. The van der Waals surface area contributed by atoms with E-state index in [-0.39, 0.29) is 11.9 Å². The van der Waals surface area contributed by atoms with Gasteiger partial charge in [0, 0.05) is 17.6 Å². The minimum atomic E-state index is -0.474. The Morgan fingerprint density at radius 2 is 2.04 bits per heavy atom. The molecule has 136 valence electrons. The minimum absolute atomic E-state index is 0.111. The van der Waals surface area contributed by atoms with E-state index in [1.54, 1.807) is 11.6 Å². The van der Waals surface area contributed by atoms with Crippen LogP contribution in [0.4, 0.5) is 10.9 Å². The van der Waals surface area contributed by atoms with Crippen LogP contribution in [0.25, 0.3) is 0 Å². The van der Waals surface area contributed by atoms with Crippen molar-refractivity contribution in [1.29, 1.82) is 0 Å². The van der Waals surface area contributed by atoms with Crippen molar-refractivity contribution in [3.63, 3.8) is 0 Å². The lowest BCUT2D eigenvalue weighted by atomic mass is 9.52. The highest BCUT2D eigenvalue weighted by Crippen LogP contribution is 2.55. The Kier molecular flexibility index (Phi) is 3.76. The zero-order valence-corrected chi connectivity index (χ0v) is 15.2. The van der Waals surface area contributed by atoms with E-state index in [1.807, 2.05) is 18.2 Å². The number of nitrogens with zero attached hydrogens (tertiary/aromatic N) is 2. The highest BCUT2D eigenvalue weighted by Gasteiger charge is 2.55. The predicted octanol–water partition coefficient (Wildman–Crippen LogP) is 2.95. The summed E-state index contributed by atoms with van der Waals surface area (Å²) in [6, 6.07) is 5.79. The molecule has 3 N–H and O–H groups in total. The van der Waals surface area contributed by atoms with Gasteiger partial charge in [0.15, 0.2) is 5.13 Å². The van der Waals surface area contributed by atoms with Crippen LogP contribution in [0.3, 0.4) is 0 Å². The lowest BCUT2D eigenvalue weighted by Crippen LogP contribution is -2.61. The number of anilines is 2. The van der Waals surface area contributed by atoms with Gasteiger partial charge < -0.3 is 15.7 Å². The van der Waals surface area contributed by atoms with E-state index < -0.39 is 5.60 Å². The molecule has 0 radical (unpaired) electrons. The van der Waals surface area contributed by atoms with Crippen molar-refractivity contribution in [2.75, 3.05) is 5.32 Å². The lowest BCUT2D eigenvalue weighted by Gasteiger charge is -2.58. The van der Waals surface area contributed by atoms with E-state index in [4.69, 9.17) is 0 Å². The number of hydrogen-bond acceptors (Lipinski definition) is 6. The average molecular weight is 370 g/mol. The Balaban J connectivity index is 1.27. The first-order chi connectivity index (χ1) is 12.6. The third kappa shape index (κ3) is 2.89. The Morgan fingerprint density at radius 1 is 1.23 bits per heavy atom. The number of pyridine rings is 1. The maximum Gasteiger partial charge on any atom is 0.271 e. The molecule has 2 aromatic rings. The Morgan fingerprint density at radius 3 is 2.73 bits per heavy atom. The van der Waals surface area contributed by atoms with Gasteiger partial charge in [0.05, 0.1) is 5.60 Å². The zero-order chi connectivity index (χ0) is 17.7. The van der Waals surface area contributed by atoms with Crippen LogP contribution >= 0.6 is 11.3 Å². The molecule has 2 heterocycles. The van der Waals surface area contributed by atoms with Crippen molar-refractivity contribution < 1.29 is 9.90 Å². The van der Waals surface area contributed by atoms with Crippen molar-refractivity contribution in [2.24, 2.45) is 17.8 Å². The zero-order valence-electron chi connectivity index (χ0n) is 14.4. The van der Waals surface area contributed by atoms with Gasteiger partial charge in [-0.3, -0.25) is 4.79 Å². The van der Waals surface area contributed by atoms with E-state index >= 15 is 0 Å². The molecule has 1 amide bonds. The summed E-state index contributed by atoms with van der Waals surface area (Å²) in [6.45, 7) is 0. The summed E-state index contributed by atoms with van der Waals surface area (Å²) in [5.41, 5.74) is -0.0288. The Bertz CT molecular complexity index is 808. The molecule has 0 aromatic carbocycles. The number of aliphatic hydroxyl groups is 1. The molecule has 6 rings (SSSR count). The first-order valence-corrected chi connectivity index (χ1v) is 10.1. The summed E-state index contributed by atoms with van der Waals surface area (Å²) in [5, 5.41) is 19.5. The van der Waals surface area contributed by atoms with E-state index in [1.165, 1.54) is 11.3 Å². The van der Waals surface area contributed by atoms with Crippen LogP contribution in [0.2, 0.25) is 0 Å². The smallest absolute Gasteiger partial charge is 0.271 e. The van der Waals surface area contributed by atoms with Crippen molar-refractivity contribution in [1.82, 2.24) is 15.3 Å². The van der Waals surface area contributed by atoms with Crippen LogP contribution in [0.15, 0.2) is 29.8 Å². The molecular formula is C19H22N4O2S. The van der Waals surface area contributed by atoms with Gasteiger partial charge >= 0.3 is 0 Å². The molecule has 4 aliphatic carbocycles. The van der Waals surface area contributed by atoms with Crippen molar-refractivity contribution in [3.05, 3.63) is 35.5 Å². The van der Waals surface area contributed by atoms with Crippen molar-refractivity contribution in [2.45, 2.75) is 43.7 Å². The van der Waals surface area contributed by atoms with Gasteiger partial charge in [0.2, 0.25) is 0 Å². The van der Waals surface area contributed by atoms with E-state index in [0.717, 1.165) is 32.1 Å². The number of carbonyl (C=O) groups is 1. The second-order valence-electron chi connectivity index (χ2n) is 8.07. The number of amides is 1. The summed E-state index contributed by atoms with van der Waals surface area (Å²) in [5.74, 6) is 2.04. The normalized spacial score (nSPS) is 34.7. The second kappa shape index (κ2) is 6.03. The number of carbonyl (C=O) groups excluding carboxylic acids is 1. The standard InChI is InChI=1S/C19H22N4O2S/c24-17(14-10-26-18(21-14)22-15-3-1-2-4-20-15)23-16-12-5-11-6-13(16)9-19(25,7-11)8-12/h1-4,10-13,16,25H,5-9H2,(H,23,24)(H,20,21,22)/t11?,12?,13?,16-,19-. The van der Waals surface area contributed by atoms with Crippen LogP contribution < -0.4 is 10.6 Å². The van der Waals surface area contributed by atoms with Gasteiger partial charge in [-0.1, -0.05) is 6.07 Å². The highest BCUT2D eigenvalue weighted by molar-refractivity contribution is 7.14. The molecular weight excluding hydrogens is 348 g/mol. The van der Waals surface area contributed by atoms with E-state index in [9.17, 15) is 9.90 Å². The summed E-state index contributed by atoms with van der Waals surface area (Å²) in [4.78, 5) is 21.3. The molecule has 4 fully saturated rings. The van der Waals surface area contributed by atoms with Gasteiger partial charge in [0.1, 0.15) is 11.5 Å². The number of rotatable bonds is 4. The second-order valence-corrected chi connectivity index (χ2v) is 8.93. The fourth-order valence-electron chi connectivity index (χ4n) is 5.42. The number of hydrogen-bond donors (Lipinski definition) is 3. The monoisotopic (exact) mass is 370 g/mol. The van der Waals surface area contributed by atoms with Gasteiger partial charge in [-0.05, 0) is 62.0 Å². The summed E-state index contributed by atoms with van der Waals surface area (Å²) in [6.07, 6.45) is 6.59. The average Bonchev–Trinajstić information content (AvgIpc) is 3.06. The lowest BCUT2D eigenvalue weighted by molar-refractivity contribution is -0.136. The van der Waals surface area contributed by atoms with E-state index in [2.05, 4.69) is 20.6 Å². The molecule has 4 bridgehead atoms. The number of thiazole rings is 1. The first-order valence-electron chi connectivity index (χ1n) is 9.25. The Hall–Kier alpha value is -1.99. The fraction of sp³-hybridized carbons (Fsp3) is 0.526. The summed E-state index contributed by atoms with van der Waals surface area (Å²) < 4.78 is 0. The quantitative estimate of drug-likeness (QED) is 0.770. The minimum Gasteiger partial charge on any atom is -0.390 e. The van der Waals surface area contributed by atoms with Crippen LogP contribution in [-0.4, -0.2) is 32.6 Å². The molecule has 26 heavy (non-hydrogen) atoms. The fourth-order valence-corrected chi connectivity index (χ4v) is 6.12.